The van der Waals surface area contributed by atoms with Crippen LogP contribution in [-0.2, 0) is 11.9 Å². The molecule has 2 aromatic carbocycles. The molecule has 4 heteroatoms. The SMILES string of the molecule is O=C(NCc1ccccc1F)c1ccccc1CBr. The number of amides is 1. The number of carbonyl (C=O) groups excluding carboxylic acids is 1. The highest BCUT2D eigenvalue weighted by atomic mass is 79.9. The first-order valence-electron chi connectivity index (χ1n) is 5.88. The van der Waals surface area contributed by atoms with Crippen LogP contribution in [-0.4, -0.2) is 5.91 Å². The molecule has 0 unspecified atom stereocenters. The van der Waals surface area contributed by atoms with Crippen LogP contribution in [0.5, 0.6) is 0 Å². The summed E-state index contributed by atoms with van der Waals surface area (Å²) in [5, 5.41) is 3.34. The molecular weight excluding hydrogens is 309 g/mol. The van der Waals surface area contributed by atoms with E-state index in [2.05, 4.69) is 21.2 Å². The molecule has 0 heterocycles. The van der Waals surface area contributed by atoms with Crippen molar-refractivity contribution in [2.75, 3.05) is 0 Å². The molecule has 2 aromatic rings. The van der Waals surface area contributed by atoms with E-state index in [1.54, 1.807) is 24.3 Å². The number of rotatable bonds is 4. The Morgan fingerprint density at radius 2 is 1.68 bits per heavy atom. The Kier molecular flexibility index (Phi) is 4.68. The number of nitrogens with one attached hydrogen (secondary N) is 1. The fourth-order valence-electron chi connectivity index (χ4n) is 1.77. The molecule has 98 valence electrons. The minimum atomic E-state index is -0.309. The first kappa shape index (κ1) is 13.7. The Bertz CT molecular complexity index is 586. The average molecular weight is 322 g/mol. The fraction of sp³-hybridized carbons (Fsp3) is 0.133. The summed E-state index contributed by atoms with van der Waals surface area (Å²) in [7, 11) is 0. The summed E-state index contributed by atoms with van der Waals surface area (Å²) < 4.78 is 13.4. The van der Waals surface area contributed by atoms with Crippen LogP contribution in [0.2, 0.25) is 0 Å². The Labute approximate surface area is 119 Å². The zero-order valence-electron chi connectivity index (χ0n) is 10.2. The molecule has 19 heavy (non-hydrogen) atoms. The highest BCUT2D eigenvalue weighted by molar-refractivity contribution is 9.08. The Morgan fingerprint density at radius 3 is 2.37 bits per heavy atom. The van der Waals surface area contributed by atoms with Crippen molar-refractivity contribution in [3.8, 4) is 0 Å². The van der Waals surface area contributed by atoms with Gasteiger partial charge >= 0.3 is 0 Å². The minimum Gasteiger partial charge on any atom is -0.348 e. The van der Waals surface area contributed by atoms with Crippen molar-refractivity contribution in [1.82, 2.24) is 5.32 Å². The van der Waals surface area contributed by atoms with Crippen LogP contribution >= 0.6 is 15.9 Å². The molecule has 0 aromatic heterocycles. The van der Waals surface area contributed by atoms with Crippen molar-refractivity contribution in [3.05, 3.63) is 71.0 Å². The lowest BCUT2D eigenvalue weighted by molar-refractivity contribution is 0.0950. The van der Waals surface area contributed by atoms with E-state index in [0.717, 1.165) is 5.56 Å². The van der Waals surface area contributed by atoms with E-state index < -0.39 is 0 Å². The molecule has 0 fully saturated rings. The zero-order valence-corrected chi connectivity index (χ0v) is 11.8. The lowest BCUT2D eigenvalue weighted by Crippen LogP contribution is -2.24. The summed E-state index contributed by atoms with van der Waals surface area (Å²) in [6, 6.07) is 13.7. The predicted molar refractivity (Wildman–Crippen MR) is 76.6 cm³/mol. The standard InChI is InChI=1S/C15H13BrFNO/c16-9-11-5-1-3-7-13(11)15(19)18-10-12-6-2-4-8-14(12)17/h1-8H,9-10H2,(H,18,19). The molecule has 0 atom stereocenters. The summed E-state index contributed by atoms with van der Waals surface area (Å²) in [6.07, 6.45) is 0. The molecule has 1 N–H and O–H groups in total. The minimum absolute atomic E-state index is 0.183. The third-order valence-corrected chi connectivity index (χ3v) is 3.41. The van der Waals surface area contributed by atoms with Gasteiger partial charge in [0.2, 0.25) is 0 Å². The second-order valence-electron chi connectivity index (χ2n) is 4.06. The van der Waals surface area contributed by atoms with E-state index >= 15 is 0 Å². The van der Waals surface area contributed by atoms with E-state index in [9.17, 15) is 9.18 Å². The lowest BCUT2D eigenvalue weighted by atomic mass is 10.1. The molecule has 0 aliphatic heterocycles. The van der Waals surface area contributed by atoms with Gasteiger partial charge in [0.05, 0.1) is 0 Å². The number of alkyl halides is 1. The van der Waals surface area contributed by atoms with E-state index in [4.69, 9.17) is 0 Å². The maximum absolute atomic E-state index is 13.4. The van der Waals surface area contributed by atoms with E-state index in [1.807, 2.05) is 18.2 Å². The van der Waals surface area contributed by atoms with Gasteiger partial charge in [-0.15, -0.1) is 0 Å². The van der Waals surface area contributed by atoms with Gasteiger partial charge in [-0.1, -0.05) is 52.3 Å². The first-order valence-corrected chi connectivity index (χ1v) is 7.00. The molecule has 0 saturated heterocycles. The smallest absolute Gasteiger partial charge is 0.251 e. The molecule has 0 radical (unpaired) electrons. The van der Waals surface area contributed by atoms with E-state index in [-0.39, 0.29) is 18.3 Å². The van der Waals surface area contributed by atoms with E-state index in [1.165, 1.54) is 6.07 Å². The quantitative estimate of drug-likeness (QED) is 0.856. The number of halogens is 2. The van der Waals surface area contributed by atoms with Gasteiger partial charge in [-0.3, -0.25) is 4.79 Å². The lowest BCUT2D eigenvalue weighted by Gasteiger charge is -2.09. The van der Waals surface area contributed by atoms with Gasteiger partial charge in [-0.25, -0.2) is 4.39 Å². The number of carbonyl (C=O) groups is 1. The van der Waals surface area contributed by atoms with Gasteiger partial charge in [0.15, 0.2) is 0 Å². The topological polar surface area (TPSA) is 29.1 Å². The van der Waals surface area contributed by atoms with Gasteiger partial charge in [-0.05, 0) is 17.7 Å². The van der Waals surface area contributed by atoms with Crippen molar-refractivity contribution >= 4 is 21.8 Å². The Hall–Kier alpha value is -1.68. The van der Waals surface area contributed by atoms with Crippen molar-refractivity contribution in [2.45, 2.75) is 11.9 Å². The summed E-state index contributed by atoms with van der Waals surface area (Å²) in [5.41, 5.74) is 2.00. The third kappa shape index (κ3) is 3.41. The molecule has 1 amide bonds. The van der Waals surface area contributed by atoms with Gasteiger partial charge in [0.1, 0.15) is 5.82 Å². The van der Waals surface area contributed by atoms with Crippen molar-refractivity contribution in [3.63, 3.8) is 0 Å². The van der Waals surface area contributed by atoms with Crippen LogP contribution in [0.15, 0.2) is 48.5 Å². The van der Waals surface area contributed by atoms with Gasteiger partial charge in [-0.2, -0.15) is 0 Å². The summed E-state index contributed by atoms with van der Waals surface area (Å²) in [6.45, 7) is 0.183. The Balaban J connectivity index is 2.08. The van der Waals surface area contributed by atoms with Gasteiger partial charge in [0, 0.05) is 23.0 Å². The number of hydrogen-bond acceptors (Lipinski definition) is 1. The summed E-state index contributed by atoms with van der Waals surface area (Å²) in [4.78, 5) is 12.1. The molecule has 0 saturated carbocycles. The van der Waals surface area contributed by atoms with Gasteiger partial charge in [0.25, 0.3) is 5.91 Å². The van der Waals surface area contributed by atoms with E-state index in [0.29, 0.717) is 16.5 Å². The second kappa shape index (κ2) is 6.48. The molecule has 0 aliphatic rings. The highest BCUT2D eigenvalue weighted by Crippen LogP contribution is 2.13. The molecule has 0 spiro atoms. The van der Waals surface area contributed by atoms with Crippen LogP contribution < -0.4 is 5.32 Å². The summed E-state index contributed by atoms with van der Waals surface area (Å²) >= 11 is 3.34. The van der Waals surface area contributed by atoms with Gasteiger partial charge < -0.3 is 5.32 Å². The normalized spacial score (nSPS) is 10.2. The van der Waals surface area contributed by atoms with Crippen molar-refractivity contribution < 1.29 is 9.18 Å². The largest absolute Gasteiger partial charge is 0.348 e. The van der Waals surface area contributed by atoms with Crippen LogP contribution in [0.3, 0.4) is 0 Å². The van der Waals surface area contributed by atoms with Crippen molar-refractivity contribution in [1.29, 1.82) is 0 Å². The monoisotopic (exact) mass is 321 g/mol. The van der Waals surface area contributed by atoms with Crippen LogP contribution in [0.4, 0.5) is 4.39 Å². The molecule has 0 bridgehead atoms. The van der Waals surface area contributed by atoms with Crippen LogP contribution in [0.25, 0.3) is 0 Å². The number of benzene rings is 2. The van der Waals surface area contributed by atoms with Crippen LogP contribution in [0.1, 0.15) is 21.5 Å². The highest BCUT2D eigenvalue weighted by Gasteiger charge is 2.10. The third-order valence-electron chi connectivity index (χ3n) is 2.80. The van der Waals surface area contributed by atoms with Crippen LogP contribution in [0, 0.1) is 5.82 Å². The number of hydrogen-bond donors (Lipinski definition) is 1. The Morgan fingerprint density at radius 1 is 1.05 bits per heavy atom. The predicted octanol–water partition coefficient (Wildman–Crippen LogP) is 3.65. The molecule has 2 rings (SSSR count). The molecular formula is C15H13BrFNO. The zero-order chi connectivity index (χ0) is 13.7. The fourth-order valence-corrected chi connectivity index (χ4v) is 2.26. The second-order valence-corrected chi connectivity index (χ2v) is 4.63. The first-order chi connectivity index (χ1) is 9.22. The molecule has 2 nitrogen and oxygen atoms in total. The maximum atomic E-state index is 13.4. The average Bonchev–Trinajstić information content (AvgIpc) is 2.46. The maximum Gasteiger partial charge on any atom is 0.251 e. The van der Waals surface area contributed by atoms with Crippen molar-refractivity contribution in [2.24, 2.45) is 0 Å². The molecule has 0 aliphatic carbocycles. The summed E-state index contributed by atoms with van der Waals surface area (Å²) in [5.74, 6) is -0.505.